The zero-order chi connectivity index (χ0) is 21.2. The van der Waals surface area contributed by atoms with Gasteiger partial charge in [-0.25, -0.2) is 0 Å². The minimum Gasteiger partial charge on any atom is -0.303 e. The van der Waals surface area contributed by atoms with Gasteiger partial charge in [-0.2, -0.15) is 0 Å². The SMILES string of the molecule is O=[N+]([O-])c1cccc(-c2nnc(-c3ccc4ccccc4c3)n2Cc2ccccc2)c1. The van der Waals surface area contributed by atoms with Crippen LogP contribution < -0.4 is 0 Å². The molecule has 6 heteroatoms. The number of non-ortho nitro benzene ring substituents is 1. The van der Waals surface area contributed by atoms with Crippen LogP contribution in [0.5, 0.6) is 0 Å². The molecule has 5 aromatic rings. The van der Waals surface area contributed by atoms with Gasteiger partial charge in [-0.15, -0.1) is 10.2 Å². The Labute approximate surface area is 178 Å². The van der Waals surface area contributed by atoms with Crippen molar-refractivity contribution in [3.05, 3.63) is 113 Å². The lowest BCUT2D eigenvalue weighted by Crippen LogP contribution is -2.05. The Kier molecular flexibility index (Phi) is 4.72. The molecule has 31 heavy (non-hydrogen) atoms. The Morgan fingerprint density at radius 3 is 2.13 bits per heavy atom. The molecule has 0 N–H and O–H groups in total. The lowest BCUT2D eigenvalue weighted by Gasteiger charge is -2.11. The maximum absolute atomic E-state index is 11.3. The molecule has 0 unspecified atom stereocenters. The van der Waals surface area contributed by atoms with E-state index < -0.39 is 4.92 Å². The van der Waals surface area contributed by atoms with Crippen LogP contribution in [0.15, 0.2) is 97.1 Å². The fraction of sp³-hybridized carbons (Fsp3) is 0.0400. The Hall–Kier alpha value is -4.32. The van der Waals surface area contributed by atoms with E-state index >= 15 is 0 Å². The molecule has 0 aliphatic rings. The normalized spacial score (nSPS) is 11.0. The largest absolute Gasteiger partial charge is 0.303 e. The van der Waals surface area contributed by atoms with E-state index in [1.165, 1.54) is 12.1 Å². The van der Waals surface area contributed by atoms with Gasteiger partial charge in [0.25, 0.3) is 5.69 Å². The predicted molar refractivity (Wildman–Crippen MR) is 121 cm³/mol. The van der Waals surface area contributed by atoms with E-state index in [-0.39, 0.29) is 5.69 Å². The van der Waals surface area contributed by atoms with E-state index in [0.29, 0.717) is 17.9 Å². The van der Waals surface area contributed by atoms with Crippen LogP contribution in [0.25, 0.3) is 33.5 Å². The van der Waals surface area contributed by atoms with E-state index in [1.807, 2.05) is 59.2 Å². The molecule has 0 bridgehead atoms. The van der Waals surface area contributed by atoms with Crippen molar-refractivity contribution in [2.45, 2.75) is 6.54 Å². The van der Waals surface area contributed by atoms with E-state index in [9.17, 15) is 10.1 Å². The number of fused-ring (bicyclic) bond motifs is 1. The van der Waals surface area contributed by atoms with E-state index in [0.717, 1.165) is 27.7 Å². The van der Waals surface area contributed by atoms with E-state index in [2.05, 4.69) is 34.5 Å². The van der Waals surface area contributed by atoms with Gasteiger partial charge in [-0.3, -0.25) is 10.1 Å². The Balaban J connectivity index is 1.67. The minimum atomic E-state index is -0.397. The molecule has 0 atom stereocenters. The van der Waals surface area contributed by atoms with Crippen molar-refractivity contribution >= 4 is 16.5 Å². The molecule has 0 spiro atoms. The summed E-state index contributed by atoms with van der Waals surface area (Å²) >= 11 is 0. The molecule has 0 amide bonds. The summed E-state index contributed by atoms with van der Waals surface area (Å²) in [4.78, 5) is 10.9. The molecule has 150 valence electrons. The molecule has 6 nitrogen and oxygen atoms in total. The van der Waals surface area contributed by atoms with Gasteiger partial charge in [0, 0.05) is 23.3 Å². The second-order valence-electron chi connectivity index (χ2n) is 7.29. The number of nitro benzene ring substituents is 1. The average Bonchev–Trinajstić information content (AvgIpc) is 3.23. The number of nitrogens with zero attached hydrogens (tertiary/aromatic N) is 4. The average molecular weight is 406 g/mol. The number of hydrogen-bond acceptors (Lipinski definition) is 4. The second kappa shape index (κ2) is 7.84. The number of aromatic nitrogens is 3. The first-order chi connectivity index (χ1) is 15.2. The van der Waals surface area contributed by atoms with Gasteiger partial charge in [0.1, 0.15) is 0 Å². The molecule has 0 fully saturated rings. The molecular formula is C25H18N4O2. The highest BCUT2D eigenvalue weighted by Gasteiger charge is 2.18. The summed E-state index contributed by atoms with van der Waals surface area (Å²) in [6.45, 7) is 0.550. The molecule has 5 rings (SSSR count). The molecular weight excluding hydrogens is 388 g/mol. The Morgan fingerprint density at radius 1 is 0.710 bits per heavy atom. The highest BCUT2D eigenvalue weighted by molar-refractivity contribution is 5.86. The molecule has 0 saturated carbocycles. The Morgan fingerprint density at radius 2 is 1.39 bits per heavy atom. The first-order valence-electron chi connectivity index (χ1n) is 9.90. The van der Waals surface area contributed by atoms with E-state index in [1.54, 1.807) is 6.07 Å². The fourth-order valence-electron chi connectivity index (χ4n) is 3.73. The van der Waals surface area contributed by atoms with Crippen LogP contribution >= 0.6 is 0 Å². The Bertz CT molecular complexity index is 1390. The van der Waals surface area contributed by atoms with Crippen molar-refractivity contribution in [1.82, 2.24) is 14.8 Å². The van der Waals surface area contributed by atoms with Crippen molar-refractivity contribution in [3.8, 4) is 22.8 Å². The van der Waals surface area contributed by atoms with Crippen molar-refractivity contribution < 1.29 is 4.92 Å². The summed E-state index contributed by atoms with van der Waals surface area (Å²) < 4.78 is 2.01. The van der Waals surface area contributed by atoms with Gasteiger partial charge in [-0.05, 0) is 22.4 Å². The maximum Gasteiger partial charge on any atom is 0.270 e. The predicted octanol–water partition coefficient (Wildman–Crippen LogP) is 5.72. The molecule has 1 aromatic heterocycles. The van der Waals surface area contributed by atoms with Crippen molar-refractivity contribution in [2.24, 2.45) is 0 Å². The number of benzene rings is 4. The number of nitro groups is 1. The van der Waals surface area contributed by atoms with Crippen LogP contribution in [-0.4, -0.2) is 19.7 Å². The van der Waals surface area contributed by atoms with E-state index in [4.69, 9.17) is 0 Å². The molecule has 0 saturated heterocycles. The third-order valence-corrected chi connectivity index (χ3v) is 5.26. The molecule has 4 aromatic carbocycles. The lowest BCUT2D eigenvalue weighted by atomic mass is 10.1. The molecule has 1 heterocycles. The first kappa shape index (κ1) is 18.7. The maximum atomic E-state index is 11.3. The topological polar surface area (TPSA) is 73.8 Å². The summed E-state index contributed by atoms with van der Waals surface area (Å²) in [5.74, 6) is 1.31. The lowest BCUT2D eigenvalue weighted by molar-refractivity contribution is -0.384. The monoisotopic (exact) mass is 406 g/mol. The highest BCUT2D eigenvalue weighted by Crippen LogP contribution is 2.29. The van der Waals surface area contributed by atoms with Crippen LogP contribution in [0.4, 0.5) is 5.69 Å². The van der Waals surface area contributed by atoms with Crippen LogP contribution in [0.1, 0.15) is 5.56 Å². The summed E-state index contributed by atoms with van der Waals surface area (Å²) in [7, 11) is 0. The summed E-state index contributed by atoms with van der Waals surface area (Å²) in [6.07, 6.45) is 0. The van der Waals surface area contributed by atoms with Gasteiger partial charge in [0.15, 0.2) is 11.6 Å². The summed E-state index contributed by atoms with van der Waals surface area (Å²) in [5.41, 5.74) is 2.72. The summed E-state index contributed by atoms with van der Waals surface area (Å²) in [6, 6.07) is 30.9. The van der Waals surface area contributed by atoms with Crippen molar-refractivity contribution in [2.75, 3.05) is 0 Å². The van der Waals surface area contributed by atoms with Crippen LogP contribution in [0, 0.1) is 10.1 Å². The third kappa shape index (κ3) is 3.67. The van der Waals surface area contributed by atoms with Gasteiger partial charge < -0.3 is 4.57 Å². The van der Waals surface area contributed by atoms with Gasteiger partial charge >= 0.3 is 0 Å². The first-order valence-corrected chi connectivity index (χ1v) is 9.90. The fourth-order valence-corrected chi connectivity index (χ4v) is 3.73. The third-order valence-electron chi connectivity index (χ3n) is 5.26. The van der Waals surface area contributed by atoms with Gasteiger partial charge in [0.2, 0.25) is 0 Å². The molecule has 0 aliphatic heterocycles. The second-order valence-corrected chi connectivity index (χ2v) is 7.29. The quantitative estimate of drug-likeness (QED) is 0.276. The molecule has 0 aliphatic carbocycles. The van der Waals surface area contributed by atoms with Crippen LogP contribution in [0.2, 0.25) is 0 Å². The minimum absolute atomic E-state index is 0.0269. The summed E-state index contributed by atoms with van der Waals surface area (Å²) in [5, 5.41) is 22.5. The smallest absolute Gasteiger partial charge is 0.270 e. The standard InChI is InChI=1S/C25H18N4O2/c30-29(31)23-12-6-11-21(16-23)24-26-27-25(28(24)17-18-7-2-1-3-8-18)22-14-13-19-9-4-5-10-20(19)15-22/h1-16H,17H2. The van der Waals surface area contributed by atoms with Gasteiger partial charge in [-0.1, -0.05) is 78.9 Å². The van der Waals surface area contributed by atoms with Crippen LogP contribution in [0.3, 0.4) is 0 Å². The van der Waals surface area contributed by atoms with Gasteiger partial charge in [0.05, 0.1) is 11.5 Å². The highest BCUT2D eigenvalue weighted by atomic mass is 16.6. The zero-order valence-corrected chi connectivity index (χ0v) is 16.6. The van der Waals surface area contributed by atoms with Crippen molar-refractivity contribution in [1.29, 1.82) is 0 Å². The van der Waals surface area contributed by atoms with Crippen molar-refractivity contribution in [3.63, 3.8) is 0 Å². The zero-order valence-electron chi connectivity index (χ0n) is 16.6. The number of rotatable bonds is 5. The number of hydrogen-bond donors (Lipinski definition) is 0. The van der Waals surface area contributed by atoms with Crippen LogP contribution in [-0.2, 0) is 6.54 Å². The molecule has 0 radical (unpaired) electrons.